The molecule has 0 aromatic heterocycles. The number of amides is 1. The van der Waals surface area contributed by atoms with Gasteiger partial charge in [0, 0.05) is 23.5 Å². The molecule has 0 atom stereocenters. The van der Waals surface area contributed by atoms with Crippen molar-refractivity contribution in [3.63, 3.8) is 0 Å². The summed E-state index contributed by atoms with van der Waals surface area (Å²) in [5.74, 6) is -0.0317. The van der Waals surface area contributed by atoms with Crippen molar-refractivity contribution in [1.29, 1.82) is 0 Å². The van der Waals surface area contributed by atoms with Crippen molar-refractivity contribution in [3.8, 4) is 0 Å². The molecule has 0 saturated heterocycles. The number of aryl methyl sites for hydroxylation is 1. The predicted molar refractivity (Wildman–Crippen MR) is 110 cm³/mol. The largest absolute Gasteiger partial charge is 0.355 e. The molecule has 134 valence electrons. The Labute approximate surface area is 155 Å². The lowest BCUT2D eigenvalue weighted by Crippen LogP contribution is -2.24. The van der Waals surface area contributed by atoms with E-state index in [-0.39, 0.29) is 5.91 Å². The fourth-order valence-electron chi connectivity index (χ4n) is 3.06. The number of nitrogens with one attached hydrogen (secondary N) is 2. The van der Waals surface area contributed by atoms with Gasteiger partial charge in [-0.15, -0.1) is 0 Å². The second-order valence-corrected chi connectivity index (χ2v) is 6.76. The Morgan fingerprint density at radius 3 is 2.77 bits per heavy atom. The summed E-state index contributed by atoms with van der Waals surface area (Å²) in [6, 6.07) is 12.1. The highest BCUT2D eigenvalue weighted by atomic mass is 16.1. The summed E-state index contributed by atoms with van der Waals surface area (Å²) in [4.78, 5) is 12.3. The van der Waals surface area contributed by atoms with Crippen LogP contribution < -0.4 is 10.6 Å². The van der Waals surface area contributed by atoms with Gasteiger partial charge in [0.1, 0.15) is 0 Å². The molecule has 0 bridgehead atoms. The molecule has 0 heterocycles. The van der Waals surface area contributed by atoms with Crippen molar-refractivity contribution in [2.24, 2.45) is 0 Å². The van der Waals surface area contributed by atoms with Gasteiger partial charge in [0.15, 0.2) is 0 Å². The van der Waals surface area contributed by atoms with Crippen molar-refractivity contribution >= 4 is 23.4 Å². The zero-order valence-corrected chi connectivity index (χ0v) is 15.6. The van der Waals surface area contributed by atoms with E-state index in [0.29, 0.717) is 12.1 Å². The van der Waals surface area contributed by atoms with Gasteiger partial charge in [0.05, 0.1) is 0 Å². The number of fused-ring (bicyclic) bond motifs is 1. The average Bonchev–Trinajstić information content (AvgIpc) is 3.11. The lowest BCUT2D eigenvalue weighted by molar-refractivity contribution is 0.0953. The van der Waals surface area contributed by atoms with Crippen molar-refractivity contribution in [2.45, 2.75) is 33.1 Å². The van der Waals surface area contributed by atoms with Crippen LogP contribution in [-0.2, 0) is 6.42 Å². The lowest BCUT2D eigenvalue weighted by Gasteiger charge is -2.15. The van der Waals surface area contributed by atoms with E-state index in [4.69, 9.17) is 0 Å². The number of benzene rings is 2. The fourth-order valence-corrected chi connectivity index (χ4v) is 3.06. The van der Waals surface area contributed by atoms with E-state index >= 15 is 0 Å². The Morgan fingerprint density at radius 2 is 1.96 bits per heavy atom. The van der Waals surface area contributed by atoms with Crippen LogP contribution in [0, 0.1) is 6.92 Å². The Bertz CT molecular complexity index is 865. The topological polar surface area (TPSA) is 41.1 Å². The normalized spacial score (nSPS) is 11.9. The van der Waals surface area contributed by atoms with Gasteiger partial charge >= 0.3 is 0 Å². The molecular formula is C23H26N2O. The minimum Gasteiger partial charge on any atom is -0.355 e. The van der Waals surface area contributed by atoms with Crippen LogP contribution in [0.2, 0.25) is 0 Å². The number of anilines is 1. The molecule has 0 aliphatic heterocycles. The van der Waals surface area contributed by atoms with Gasteiger partial charge in [0.25, 0.3) is 5.91 Å². The summed E-state index contributed by atoms with van der Waals surface area (Å²) in [5.41, 5.74) is 7.18. The number of carbonyl (C=O) groups excluding carboxylic acids is 1. The Hall–Kier alpha value is -2.81. The molecule has 0 spiro atoms. The molecule has 0 saturated carbocycles. The number of hydrogen-bond donors (Lipinski definition) is 2. The molecule has 3 rings (SSSR count). The highest BCUT2D eigenvalue weighted by Gasteiger charge is 2.11. The Morgan fingerprint density at radius 1 is 1.15 bits per heavy atom. The summed E-state index contributed by atoms with van der Waals surface area (Å²) in [7, 11) is 0. The van der Waals surface area contributed by atoms with Gasteiger partial charge in [-0.2, -0.15) is 0 Å². The summed E-state index contributed by atoms with van der Waals surface area (Å²) < 4.78 is 0. The molecule has 1 aliphatic carbocycles. The van der Waals surface area contributed by atoms with E-state index < -0.39 is 0 Å². The van der Waals surface area contributed by atoms with E-state index in [1.807, 2.05) is 25.1 Å². The van der Waals surface area contributed by atoms with Crippen LogP contribution >= 0.6 is 0 Å². The van der Waals surface area contributed by atoms with Crippen molar-refractivity contribution in [3.05, 3.63) is 76.9 Å². The third-order valence-electron chi connectivity index (χ3n) is 4.73. The summed E-state index contributed by atoms with van der Waals surface area (Å²) in [5, 5.41) is 6.35. The first-order valence-electron chi connectivity index (χ1n) is 9.23. The van der Waals surface area contributed by atoms with E-state index in [1.54, 1.807) is 0 Å². The molecule has 0 radical (unpaired) electrons. The zero-order chi connectivity index (χ0) is 18.5. The highest BCUT2D eigenvalue weighted by Crippen LogP contribution is 2.26. The lowest BCUT2D eigenvalue weighted by atomic mass is 10.0. The van der Waals surface area contributed by atoms with E-state index in [0.717, 1.165) is 41.8 Å². The van der Waals surface area contributed by atoms with Crippen LogP contribution in [0.1, 0.15) is 52.4 Å². The van der Waals surface area contributed by atoms with Gasteiger partial charge in [-0.25, -0.2) is 0 Å². The number of carbonyl (C=O) groups is 1. The van der Waals surface area contributed by atoms with Gasteiger partial charge < -0.3 is 10.6 Å². The van der Waals surface area contributed by atoms with Gasteiger partial charge in [-0.05, 0) is 60.2 Å². The van der Waals surface area contributed by atoms with Crippen LogP contribution in [0.3, 0.4) is 0 Å². The molecule has 0 unspecified atom stereocenters. The zero-order valence-electron chi connectivity index (χ0n) is 15.6. The SMILES string of the molecule is C=C(Nc1cc(C(=O)NCCCC)ccc1C)c1ccc2c(c1)CC=C2. The van der Waals surface area contributed by atoms with Crippen molar-refractivity contribution in [1.82, 2.24) is 5.32 Å². The third-order valence-corrected chi connectivity index (χ3v) is 4.73. The monoisotopic (exact) mass is 346 g/mol. The maximum Gasteiger partial charge on any atom is 0.251 e. The minimum absolute atomic E-state index is 0.0317. The molecule has 1 amide bonds. The second-order valence-electron chi connectivity index (χ2n) is 6.76. The Kier molecular flexibility index (Phi) is 5.57. The minimum atomic E-state index is -0.0317. The Balaban J connectivity index is 1.73. The number of rotatable bonds is 7. The average molecular weight is 346 g/mol. The van der Waals surface area contributed by atoms with Crippen LogP contribution in [0.15, 0.2) is 49.1 Å². The van der Waals surface area contributed by atoms with E-state index in [2.05, 4.69) is 54.5 Å². The van der Waals surface area contributed by atoms with Crippen molar-refractivity contribution in [2.75, 3.05) is 11.9 Å². The first-order chi connectivity index (χ1) is 12.6. The molecule has 3 nitrogen and oxygen atoms in total. The molecular weight excluding hydrogens is 320 g/mol. The number of unbranched alkanes of at least 4 members (excludes halogenated alkanes) is 1. The van der Waals surface area contributed by atoms with Gasteiger partial charge in [-0.1, -0.05) is 50.3 Å². The predicted octanol–water partition coefficient (Wildman–Crippen LogP) is 5.18. The standard InChI is InChI=1S/C23H26N2O/c1-4-5-13-24-23(26)21-10-9-16(2)22(15-21)25-17(3)19-12-11-18-7-6-8-20(18)14-19/h6-7,9-12,14-15,25H,3-5,8,13H2,1-2H3,(H,24,26). The molecule has 2 aromatic carbocycles. The quantitative estimate of drug-likeness (QED) is 0.679. The first-order valence-corrected chi connectivity index (χ1v) is 9.23. The van der Waals surface area contributed by atoms with Crippen LogP contribution in [0.25, 0.3) is 11.8 Å². The summed E-state index contributed by atoms with van der Waals surface area (Å²) >= 11 is 0. The van der Waals surface area contributed by atoms with Crippen LogP contribution in [0.5, 0.6) is 0 Å². The van der Waals surface area contributed by atoms with E-state index in [9.17, 15) is 4.79 Å². The summed E-state index contributed by atoms with van der Waals surface area (Å²) in [6.07, 6.45) is 7.36. The molecule has 2 N–H and O–H groups in total. The first kappa shape index (κ1) is 18.0. The molecule has 1 aliphatic rings. The number of hydrogen-bond acceptors (Lipinski definition) is 2. The smallest absolute Gasteiger partial charge is 0.251 e. The highest BCUT2D eigenvalue weighted by molar-refractivity contribution is 5.95. The molecule has 26 heavy (non-hydrogen) atoms. The third kappa shape index (κ3) is 4.05. The molecule has 2 aromatic rings. The summed E-state index contributed by atoms with van der Waals surface area (Å²) in [6.45, 7) is 9.04. The fraction of sp³-hybridized carbons (Fsp3) is 0.261. The van der Waals surface area contributed by atoms with Crippen LogP contribution in [0.4, 0.5) is 5.69 Å². The maximum absolute atomic E-state index is 12.3. The van der Waals surface area contributed by atoms with Gasteiger partial charge in [-0.3, -0.25) is 4.79 Å². The second kappa shape index (κ2) is 8.05. The maximum atomic E-state index is 12.3. The van der Waals surface area contributed by atoms with Crippen LogP contribution in [-0.4, -0.2) is 12.5 Å². The van der Waals surface area contributed by atoms with Crippen molar-refractivity contribution < 1.29 is 4.79 Å². The molecule has 0 fully saturated rings. The van der Waals surface area contributed by atoms with Gasteiger partial charge in [0.2, 0.25) is 0 Å². The number of allylic oxidation sites excluding steroid dienone is 1. The van der Waals surface area contributed by atoms with E-state index in [1.165, 1.54) is 11.1 Å². The molecule has 3 heteroatoms.